The molecule has 10 heteroatoms. The fourth-order valence-electron chi connectivity index (χ4n) is 3.46. The zero-order valence-corrected chi connectivity index (χ0v) is 18.5. The average Bonchev–Trinajstić information content (AvgIpc) is 3.33. The number of hydrogen-bond acceptors (Lipinski definition) is 3. The molecule has 1 aromatic carbocycles. The molecule has 0 atom stereocenters. The lowest BCUT2D eigenvalue weighted by molar-refractivity contribution is -0.141. The number of hydrogen-bond donors (Lipinski definition) is 2. The third kappa shape index (κ3) is 5.87. The predicted molar refractivity (Wildman–Crippen MR) is 121 cm³/mol. The minimum absolute atomic E-state index is 0.200. The summed E-state index contributed by atoms with van der Waals surface area (Å²) < 4.78 is 42.3. The van der Waals surface area contributed by atoms with E-state index in [1.54, 1.807) is 6.20 Å². The summed E-state index contributed by atoms with van der Waals surface area (Å²) in [5.74, 6) is 0.200. The van der Waals surface area contributed by atoms with Crippen molar-refractivity contribution in [3.63, 3.8) is 0 Å². The summed E-state index contributed by atoms with van der Waals surface area (Å²) in [6, 6.07) is 9.46. The van der Waals surface area contributed by atoms with Gasteiger partial charge in [-0.25, -0.2) is 0 Å². The van der Waals surface area contributed by atoms with Crippen LogP contribution in [0.2, 0.25) is 0 Å². The van der Waals surface area contributed by atoms with E-state index >= 15 is 0 Å². The maximum atomic E-state index is 13.0. The molecule has 1 aliphatic rings. The molecule has 0 unspecified atom stereocenters. The van der Waals surface area contributed by atoms with Crippen LogP contribution in [-0.2, 0) is 19.3 Å². The van der Waals surface area contributed by atoms with E-state index in [1.807, 2.05) is 10.9 Å². The lowest BCUT2D eigenvalue weighted by Crippen LogP contribution is -2.29. The number of nitrogens with zero attached hydrogens (tertiary/aromatic N) is 4. The lowest BCUT2D eigenvalue weighted by atomic mass is 10.1. The molecule has 4 rings (SSSR count). The number of halogens is 3. The topological polar surface area (TPSA) is 59.7 Å². The highest BCUT2D eigenvalue weighted by atomic mass is 32.1. The Morgan fingerprint density at radius 2 is 1.97 bits per heavy atom. The Bertz CT molecular complexity index is 1070. The van der Waals surface area contributed by atoms with E-state index in [-0.39, 0.29) is 5.92 Å². The van der Waals surface area contributed by atoms with Gasteiger partial charge in [0.05, 0.1) is 18.4 Å². The van der Waals surface area contributed by atoms with Crippen LogP contribution in [0, 0.1) is 6.92 Å². The van der Waals surface area contributed by atoms with Gasteiger partial charge in [-0.2, -0.15) is 23.4 Å². The maximum Gasteiger partial charge on any atom is 0.435 e. The van der Waals surface area contributed by atoms with Crippen molar-refractivity contribution in [2.75, 3.05) is 11.9 Å². The van der Waals surface area contributed by atoms with Crippen LogP contribution in [0.3, 0.4) is 0 Å². The summed E-state index contributed by atoms with van der Waals surface area (Å²) >= 11 is 5.32. The molecule has 0 radical (unpaired) electrons. The first kappa shape index (κ1) is 22.3. The third-order valence-corrected chi connectivity index (χ3v) is 5.53. The number of nitrogens with one attached hydrogen (secondary N) is 2. The van der Waals surface area contributed by atoms with Crippen LogP contribution in [0.1, 0.15) is 47.7 Å². The molecule has 0 aliphatic heterocycles. The minimum Gasteiger partial charge on any atom is -0.362 e. The highest BCUT2D eigenvalue weighted by Gasteiger charge is 2.37. The normalized spacial score (nSPS) is 13.9. The molecule has 3 aromatic rings. The first-order valence-corrected chi connectivity index (χ1v) is 11.0. The van der Waals surface area contributed by atoms with Gasteiger partial charge in [0.25, 0.3) is 0 Å². The Hall–Kier alpha value is -2.88. The van der Waals surface area contributed by atoms with Crippen molar-refractivity contribution in [2.24, 2.45) is 0 Å². The Labute approximate surface area is 189 Å². The summed E-state index contributed by atoms with van der Waals surface area (Å²) in [7, 11) is 0. The summed E-state index contributed by atoms with van der Waals surface area (Å²) in [5.41, 5.74) is 3.01. The zero-order chi connectivity index (χ0) is 22.7. The molecule has 32 heavy (non-hydrogen) atoms. The SMILES string of the molecule is Cc1ccc(Cn2cc(NC(=S)NCCCn3nc(C(F)(F)F)cc3C3CC3)cn2)cc1. The van der Waals surface area contributed by atoms with Crippen molar-refractivity contribution in [1.82, 2.24) is 24.9 Å². The van der Waals surface area contributed by atoms with E-state index < -0.39 is 11.9 Å². The van der Waals surface area contributed by atoms with E-state index in [2.05, 4.69) is 52.0 Å². The number of aromatic nitrogens is 4. The number of aryl methyl sites for hydroxylation is 2. The standard InChI is InChI=1S/C22H25F3N6S/c1-15-3-5-16(6-4-15)13-30-14-18(12-27-30)28-21(32)26-9-2-10-31-19(17-7-8-17)11-20(29-31)22(23,24)25/h3-6,11-12,14,17H,2,7-10,13H2,1H3,(H2,26,28,32). The molecule has 0 saturated heterocycles. The molecule has 170 valence electrons. The second-order valence-corrected chi connectivity index (χ2v) is 8.50. The smallest absolute Gasteiger partial charge is 0.362 e. The van der Waals surface area contributed by atoms with Crippen LogP contribution in [0.15, 0.2) is 42.7 Å². The first-order valence-electron chi connectivity index (χ1n) is 10.6. The van der Waals surface area contributed by atoms with Gasteiger partial charge < -0.3 is 10.6 Å². The monoisotopic (exact) mass is 462 g/mol. The van der Waals surface area contributed by atoms with Crippen LogP contribution in [0.4, 0.5) is 18.9 Å². The molecule has 0 amide bonds. The highest BCUT2D eigenvalue weighted by molar-refractivity contribution is 7.80. The van der Waals surface area contributed by atoms with E-state index in [0.717, 1.165) is 24.1 Å². The fraction of sp³-hybridized carbons (Fsp3) is 0.409. The summed E-state index contributed by atoms with van der Waals surface area (Å²) in [4.78, 5) is 0. The van der Waals surface area contributed by atoms with Crippen molar-refractivity contribution >= 4 is 23.0 Å². The Balaban J connectivity index is 1.23. The molecule has 2 N–H and O–H groups in total. The van der Waals surface area contributed by atoms with E-state index in [1.165, 1.54) is 16.3 Å². The van der Waals surface area contributed by atoms with Crippen LogP contribution >= 0.6 is 12.2 Å². The largest absolute Gasteiger partial charge is 0.435 e. The van der Waals surface area contributed by atoms with Crippen LogP contribution in [0.5, 0.6) is 0 Å². The Kier molecular flexibility index (Phi) is 6.50. The van der Waals surface area contributed by atoms with Gasteiger partial charge in [-0.15, -0.1) is 0 Å². The Morgan fingerprint density at radius 3 is 2.66 bits per heavy atom. The second kappa shape index (κ2) is 9.32. The number of rotatable bonds is 8. The van der Waals surface area contributed by atoms with Gasteiger partial charge in [-0.1, -0.05) is 29.8 Å². The molecule has 1 saturated carbocycles. The van der Waals surface area contributed by atoms with Crippen molar-refractivity contribution in [2.45, 2.75) is 51.4 Å². The predicted octanol–water partition coefficient (Wildman–Crippen LogP) is 4.71. The van der Waals surface area contributed by atoms with Gasteiger partial charge >= 0.3 is 6.18 Å². The van der Waals surface area contributed by atoms with Gasteiger partial charge in [-0.05, 0) is 50.0 Å². The zero-order valence-electron chi connectivity index (χ0n) is 17.7. The quantitative estimate of drug-likeness (QED) is 0.375. The Morgan fingerprint density at radius 1 is 1.22 bits per heavy atom. The number of alkyl halides is 3. The summed E-state index contributed by atoms with van der Waals surface area (Å²) in [5, 5.41) is 14.7. The van der Waals surface area contributed by atoms with Crippen molar-refractivity contribution in [3.05, 3.63) is 65.2 Å². The van der Waals surface area contributed by atoms with Crippen molar-refractivity contribution in [1.29, 1.82) is 0 Å². The molecule has 1 fully saturated rings. The number of thiocarbonyl (C=S) groups is 1. The van der Waals surface area contributed by atoms with Gasteiger partial charge in [-0.3, -0.25) is 9.36 Å². The maximum absolute atomic E-state index is 13.0. The molecule has 6 nitrogen and oxygen atoms in total. The summed E-state index contributed by atoms with van der Waals surface area (Å²) in [6.07, 6.45) is 1.61. The highest BCUT2D eigenvalue weighted by Crippen LogP contribution is 2.42. The molecular weight excluding hydrogens is 437 g/mol. The number of anilines is 1. The second-order valence-electron chi connectivity index (χ2n) is 8.10. The fourth-order valence-corrected chi connectivity index (χ4v) is 3.68. The van der Waals surface area contributed by atoms with Gasteiger partial charge in [0.15, 0.2) is 10.8 Å². The molecule has 0 bridgehead atoms. The van der Waals surface area contributed by atoms with Crippen LogP contribution < -0.4 is 10.6 Å². The molecule has 2 aromatic heterocycles. The van der Waals surface area contributed by atoms with Gasteiger partial charge in [0, 0.05) is 30.9 Å². The van der Waals surface area contributed by atoms with Crippen LogP contribution in [0.25, 0.3) is 0 Å². The van der Waals surface area contributed by atoms with Crippen molar-refractivity contribution < 1.29 is 13.2 Å². The molecule has 0 spiro atoms. The van der Waals surface area contributed by atoms with E-state index in [4.69, 9.17) is 12.2 Å². The third-order valence-electron chi connectivity index (χ3n) is 5.29. The van der Waals surface area contributed by atoms with E-state index in [0.29, 0.717) is 36.9 Å². The van der Waals surface area contributed by atoms with Gasteiger partial charge in [0.1, 0.15) is 0 Å². The minimum atomic E-state index is -4.41. The average molecular weight is 463 g/mol. The molecule has 1 aliphatic carbocycles. The van der Waals surface area contributed by atoms with Gasteiger partial charge in [0.2, 0.25) is 0 Å². The van der Waals surface area contributed by atoms with Crippen LogP contribution in [-0.4, -0.2) is 31.2 Å². The van der Waals surface area contributed by atoms with Crippen molar-refractivity contribution in [3.8, 4) is 0 Å². The lowest BCUT2D eigenvalue weighted by Gasteiger charge is -2.10. The number of benzene rings is 1. The molecular formula is C22H25F3N6S. The first-order chi connectivity index (χ1) is 15.3. The van der Waals surface area contributed by atoms with E-state index in [9.17, 15) is 13.2 Å². The summed E-state index contributed by atoms with van der Waals surface area (Å²) in [6.45, 7) is 3.64. The molecule has 2 heterocycles.